The van der Waals surface area contributed by atoms with E-state index < -0.39 is 10.0 Å². The number of halogens is 1. The summed E-state index contributed by atoms with van der Waals surface area (Å²) in [5.74, 6) is 0.871. The van der Waals surface area contributed by atoms with Gasteiger partial charge >= 0.3 is 0 Å². The van der Waals surface area contributed by atoms with Crippen molar-refractivity contribution in [2.75, 3.05) is 31.6 Å². The van der Waals surface area contributed by atoms with Gasteiger partial charge in [0.25, 0.3) is 0 Å². The summed E-state index contributed by atoms with van der Waals surface area (Å²) in [6.07, 6.45) is 2.66. The minimum absolute atomic E-state index is 0.123. The van der Waals surface area contributed by atoms with Crippen LogP contribution < -0.4 is 14.8 Å². The Hall–Kier alpha value is -2.29. The molecule has 1 heterocycles. The number of carbonyl (C=O) groups excluding carboxylic acids is 1. The molecule has 1 amide bonds. The summed E-state index contributed by atoms with van der Waals surface area (Å²) in [6.45, 7) is 5.78. The second-order valence-electron chi connectivity index (χ2n) is 7.98. The van der Waals surface area contributed by atoms with Crippen molar-refractivity contribution in [1.82, 2.24) is 4.31 Å². The molecule has 0 atom stereocenters. The number of ether oxygens (including phenoxy) is 2. The first kappa shape index (κ1) is 25.3. The molecule has 0 unspecified atom stereocenters. The molecule has 1 saturated heterocycles. The number of carbonyl (C=O) groups is 1. The van der Waals surface area contributed by atoms with Crippen molar-refractivity contribution in [2.24, 2.45) is 5.92 Å². The van der Waals surface area contributed by atoms with Crippen LogP contribution in [0.25, 0.3) is 0 Å². The average Bonchev–Trinajstić information content (AvgIpc) is 2.82. The van der Waals surface area contributed by atoms with Gasteiger partial charge < -0.3 is 14.8 Å². The molecular formula is C24H31ClN2O5S. The number of nitrogens with zero attached hydrogens (tertiary/aromatic N) is 1. The molecule has 0 radical (unpaired) electrons. The van der Waals surface area contributed by atoms with Crippen molar-refractivity contribution in [3.8, 4) is 11.5 Å². The molecule has 1 fully saturated rings. The number of sulfonamides is 1. The van der Waals surface area contributed by atoms with Gasteiger partial charge in [0.05, 0.1) is 18.1 Å². The molecule has 0 aliphatic carbocycles. The summed E-state index contributed by atoms with van der Waals surface area (Å²) in [7, 11) is -3.60. The third-order valence-electron chi connectivity index (χ3n) is 5.41. The van der Waals surface area contributed by atoms with Crippen molar-refractivity contribution in [3.63, 3.8) is 0 Å². The number of piperidine rings is 1. The first-order valence-electron chi connectivity index (χ1n) is 11.3. The summed E-state index contributed by atoms with van der Waals surface area (Å²) < 4.78 is 38.7. The first-order valence-corrected chi connectivity index (χ1v) is 13.1. The van der Waals surface area contributed by atoms with E-state index in [1.165, 1.54) is 16.4 Å². The first-order chi connectivity index (χ1) is 15.8. The zero-order valence-electron chi connectivity index (χ0n) is 19.1. The van der Waals surface area contributed by atoms with E-state index in [2.05, 4.69) is 5.32 Å². The van der Waals surface area contributed by atoms with E-state index in [1.54, 1.807) is 30.3 Å². The fourth-order valence-corrected chi connectivity index (χ4v) is 5.20. The van der Waals surface area contributed by atoms with Crippen LogP contribution in [0, 0.1) is 5.92 Å². The molecule has 9 heteroatoms. The molecule has 1 N–H and O–H groups in total. The van der Waals surface area contributed by atoms with E-state index in [-0.39, 0.29) is 29.8 Å². The molecule has 2 aromatic carbocycles. The Morgan fingerprint density at radius 2 is 1.61 bits per heavy atom. The van der Waals surface area contributed by atoms with Crippen LogP contribution in [0.3, 0.4) is 0 Å². The van der Waals surface area contributed by atoms with Crippen LogP contribution in [-0.4, -0.2) is 44.9 Å². The minimum Gasteiger partial charge on any atom is -0.490 e. The molecule has 3 rings (SSSR count). The Morgan fingerprint density at radius 1 is 1.00 bits per heavy atom. The van der Waals surface area contributed by atoms with Gasteiger partial charge in [-0.3, -0.25) is 4.79 Å². The molecule has 1 aliphatic rings. The third kappa shape index (κ3) is 6.62. The third-order valence-corrected chi connectivity index (χ3v) is 7.58. The highest BCUT2D eigenvalue weighted by molar-refractivity contribution is 7.89. The van der Waals surface area contributed by atoms with E-state index in [9.17, 15) is 13.2 Å². The van der Waals surface area contributed by atoms with Gasteiger partial charge in [-0.1, -0.05) is 25.4 Å². The summed E-state index contributed by atoms with van der Waals surface area (Å²) >= 11 is 5.87. The van der Waals surface area contributed by atoms with Crippen molar-refractivity contribution < 1.29 is 22.7 Å². The van der Waals surface area contributed by atoms with E-state index in [0.29, 0.717) is 48.3 Å². The smallest absolute Gasteiger partial charge is 0.243 e. The van der Waals surface area contributed by atoms with Gasteiger partial charge in [0, 0.05) is 35.8 Å². The lowest BCUT2D eigenvalue weighted by Gasteiger charge is -2.30. The Balaban J connectivity index is 1.61. The maximum atomic E-state index is 12.9. The Kier molecular flexibility index (Phi) is 9.00. The number of benzene rings is 2. The normalized spacial score (nSPS) is 15.2. The van der Waals surface area contributed by atoms with Gasteiger partial charge in [0.2, 0.25) is 15.9 Å². The number of amides is 1. The van der Waals surface area contributed by atoms with Crippen molar-refractivity contribution in [3.05, 3.63) is 47.5 Å². The summed E-state index contributed by atoms with van der Waals surface area (Å²) in [4.78, 5) is 13.1. The topological polar surface area (TPSA) is 84.9 Å². The van der Waals surface area contributed by atoms with Crippen LogP contribution in [0.4, 0.5) is 5.69 Å². The molecule has 2 aromatic rings. The Bertz CT molecular complexity index is 1040. The minimum atomic E-state index is -3.60. The van der Waals surface area contributed by atoms with E-state index in [0.717, 1.165) is 12.8 Å². The quantitative estimate of drug-likeness (QED) is 0.504. The number of hydrogen-bond donors (Lipinski definition) is 1. The maximum Gasteiger partial charge on any atom is 0.243 e. The van der Waals surface area contributed by atoms with Crippen molar-refractivity contribution in [2.45, 2.75) is 44.4 Å². The maximum absolute atomic E-state index is 12.9. The zero-order valence-corrected chi connectivity index (χ0v) is 20.6. The number of hydrogen-bond acceptors (Lipinski definition) is 5. The zero-order chi connectivity index (χ0) is 23.8. The Morgan fingerprint density at radius 3 is 2.21 bits per heavy atom. The standard InChI is InChI=1S/C24H31ClN2O5S/c1-3-15-31-22-10-7-20(17-23(22)32-16-4-2)26-24(28)18-11-13-27(14-12-18)33(29,30)21-8-5-19(25)6-9-21/h5-10,17-18H,3-4,11-16H2,1-2H3,(H,26,28). The lowest BCUT2D eigenvalue weighted by atomic mass is 9.97. The number of anilines is 1. The van der Waals surface area contributed by atoms with E-state index in [4.69, 9.17) is 21.1 Å². The van der Waals surface area contributed by atoms with Gasteiger partial charge in [-0.2, -0.15) is 4.31 Å². The molecule has 0 saturated carbocycles. The number of rotatable bonds is 10. The molecule has 0 aromatic heterocycles. The average molecular weight is 495 g/mol. The predicted octanol–water partition coefficient (Wildman–Crippen LogP) is 4.96. The molecule has 7 nitrogen and oxygen atoms in total. The summed E-state index contributed by atoms with van der Waals surface area (Å²) in [6, 6.07) is 11.5. The van der Waals surface area contributed by atoms with Crippen LogP contribution in [0.1, 0.15) is 39.5 Å². The second kappa shape index (κ2) is 11.7. The fourth-order valence-electron chi connectivity index (χ4n) is 3.60. The van der Waals surface area contributed by atoms with Gasteiger partial charge in [-0.25, -0.2) is 8.42 Å². The predicted molar refractivity (Wildman–Crippen MR) is 130 cm³/mol. The van der Waals surface area contributed by atoms with Gasteiger partial charge in [-0.05, 0) is 62.1 Å². The summed E-state index contributed by atoms with van der Waals surface area (Å²) in [5.41, 5.74) is 0.631. The van der Waals surface area contributed by atoms with Crippen molar-refractivity contribution in [1.29, 1.82) is 0 Å². The van der Waals surface area contributed by atoms with Crippen LogP contribution >= 0.6 is 11.6 Å². The molecule has 180 valence electrons. The molecular weight excluding hydrogens is 464 g/mol. The largest absolute Gasteiger partial charge is 0.490 e. The lowest BCUT2D eigenvalue weighted by molar-refractivity contribution is -0.120. The monoisotopic (exact) mass is 494 g/mol. The van der Waals surface area contributed by atoms with Crippen LogP contribution in [-0.2, 0) is 14.8 Å². The Labute approximate surface area is 201 Å². The summed E-state index contributed by atoms with van der Waals surface area (Å²) in [5, 5.41) is 3.43. The lowest BCUT2D eigenvalue weighted by Crippen LogP contribution is -2.41. The highest BCUT2D eigenvalue weighted by Crippen LogP contribution is 2.32. The highest BCUT2D eigenvalue weighted by atomic mass is 35.5. The molecule has 0 bridgehead atoms. The molecule has 1 aliphatic heterocycles. The van der Waals surface area contributed by atoms with E-state index >= 15 is 0 Å². The SMILES string of the molecule is CCCOc1ccc(NC(=O)C2CCN(S(=O)(=O)c3ccc(Cl)cc3)CC2)cc1OCCC. The van der Waals surface area contributed by atoms with Gasteiger partial charge in [-0.15, -0.1) is 0 Å². The van der Waals surface area contributed by atoms with Crippen LogP contribution in [0.5, 0.6) is 11.5 Å². The molecule has 33 heavy (non-hydrogen) atoms. The number of nitrogens with one attached hydrogen (secondary N) is 1. The van der Waals surface area contributed by atoms with Gasteiger partial charge in [0.1, 0.15) is 0 Å². The van der Waals surface area contributed by atoms with E-state index in [1.807, 2.05) is 13.8 Å². The van der Waals surface area contributed by atoms with Crippen molar-refractivity contribution >= 4 is 33.2 Å². The highest BCUT2D eigenvalue weighted by Gasteiger charge is 2.32. The van der Waals surface area contributed by atoms with Crippen LogP contribution in [0.2, 0.25) is 5.02 Å². The second-order valence-corrected chi connectivity index (χ2v) is 10.4. The molecule has 0 spiro atoms. The van der Waals surface area contributed by atoms with Crippen LogP contribution in [0.15, 0.2) is 47.4 Å². The van der Waals surface area contributed by atoms with Gasteiger partial charge in [0.15, 0.2) is 11.5 Å². The fraction of sp³-hybridized carbons (Fsp3) is 0.458.